The second kappa shape index (κ2) is 7.47. The number of rotatable bonds is 3. The van der Waals surface area contributed by atoms with Gasteiger partial charge in [0, 0.05) is 36.8 Å². The maximum absolute atomic E-state index is 14.2. The van der Waals surface area contributed by atoms with Crippen molar-refractivity contribution in [1.29, 1.82) is 0 Å². The maximum Gasteiger partial charge on any atom is 0.158 e. The van der Waals surface area contributed by atoms with E-state index in [4.69, 9.17) is 0 Å². The average Bonchev–Trinajstić information content (AvgIpc) is 2.67. The standard InChI is InChI=1S/C22H27F2N3/c1-14-18(3-4-20(23)22(14)24)16-11-15-7-10-27(2)13-19(15)21(12-16)26-17-5-8-25-9-6-17/h3-4,7,10-12,14,17,22,25-26H,5-6,8-9,13H2,1-2H3. The number of allylic oxidation sites excluding steroid dienone is 4. The monoisotopic (exact) mass is 371 g/mol. The molecule has 0 radical (unpaired) electrons. The van der Waals surface area contributed by atoms with Crippen molar-refractivity contribution in [2.24, 2.45) is 5.92 Å². The van der Waals surface area contributed by atoms with Crippen LogP contribution in [-0.4, -0.2) is 37.3 Å². The zero-order valence-corrected chi connectivity index (χ0v) is 15.9. The van der Waals surface area contributed by atoms with E-state index in [1.54, 1.807) is 13.0 Å². The molecule has 4 rings (SSSR count). The number of hydrogen-bond acceptors (Lipinski definition) is 3. The summed E-state index contributed by atoms with van der Waals surface area (Å²) in [4.78, 5) is 2.16. The first-order chi connectivity index (χ1) is 13.0. The molecule has 0 amide bonds. The molecule has 27 heavy (non-hydrogen) atoms. The summed E-state index contributed by atoms with van der Waals surface area (Å²) in [5.74, 6) is -1.17. The molecule has 2 heterocycles. The van der Waals surface area contributed by atoms with Gasteiger partial charge >= 0.3 is 0 Å². The van der Waals surface area contributed by atoms with E-state index in [2.05, 4.69) is 47.0 Å². The minimum atomic E-state index is -1.57. The third-order valence-electron chi connectivity index (χ3n) is 5.85. The van der Waals surface area contributed by atoms with Gasteiger partial charge in [0.2, 0.25) is 0 Å². The fraction of sp³-hybridized carbons (Fsp3) is 0.455. The Hall–Kier alpha value is -2.14. The van der Waals surface area contributed by atoms with Crippen LogP contribution in [0.2, 0.25) is 0 Å². The summed E-state index contributed by atoms with van der Waals surface area (Å²) in [5, 5.41) is 7.13. The van der Waals surface area contributed by atoms with E-state index < -0.39 is 17.9 Å². The smallest absolute Gasteiger partial charge is 0.158 e. The lowest BCUT2D eigenvalue weighted by Crippen LogP contribution is -2.35. The molecule has 0 spiro atoms. The highest BCUT2D eigenvalue weighted by molar-refractivity contribution is 5.78. The van der Waals surface area contributed by atoms with Crippen LogP contribution in [0.5, 0.6) is 0 Å². The number of nitrogens with one attached hydrogen (secondary N) is 2. The zero-order valence-electron chi connectivity index (χ0n) is 15.9. The van der Waals surface area contributed by atoms with E-state index in [0.29, 0.717) is 6.04 Å². The zero-order chi connectivity index (χ0) is 19.0. The van der Waals surface area contributed by atoms with E-state index >= 15 is 0 Å². The predicted molar refractivity (Wildman–Crippen MR) is 108 cm³/mol. The quantitative estimate of drug-likeness (QED) is 0.820. The largest absolute Gasteiger partial charge is 0.382 e. The molecular formula is C22H27F2N3. The van der Waals surface area contributed by atoms with Crippen molar-refractivity contribution >= 4 is 17.3 Å². The van der Waals surface area contributed by atoms with Crippen molar-refractivity contribution in [3.05, 3.63) is 53.0 Å². The number of anilines is 1. The van der Waals surface area contributed by atoms with Gasteiger partial charge in [0.15, 0.2) is 6.17 Å². The summed E-state index contributed by atoms with van der Waals surface area (Å²) in [6, 6.07) is 4.67. The molecule has 3 aliphatic rings. The number of nitrogens with zero attached hydrogens (tertiary/aromatic N) is 1. The van der Waals surface area contributed by atoms with E-state index in [-0.39, 0.29) is 0 Å². The molecular weight excluding hydrogens is 344 g/mol. The van der Waals surface area contributed by atoms with Gasteiger partial charge in [-0.1, -0.05) is 13.0 Å². The Balaban J connectivity index is 1.73. The van der Waals surface area contributed by atoms with Gasteiger partial charge in [0.25, 0.3) is 0 Å². The van der Waals surface area contributed by atoms with Crippen LogP contribution in [0.4, 0.5) is 14.5 Å². The van der Waals surface area contributed by atoms with Gasteiger partial charge in [-0.25, -0.2) is 8.78 Å². The van der Waals surface area contributed by atoms with Crippen LogP contribution in [0.15, 0.2) is 36.3 Å². The highest BCUT2D eigenvalue weighted by atomic mass is 19.2. The Labute approximate surface area is 159 Å². The lowest BCUT2D eigenvalue weighted by Gasteiger charge is -2.30. The van der Waals surface area contributed by atoms with Gasteiger partial charge in [-0.15, -0.1) is 0 Å². The molecule has 0 aromatic heterocycles. The summed E-state index contributed by atoms with van der Waals surface area (Å²) >= 11 is 0. The second-order valence-electron chi connectivity index (χ2n) is 7.86. The first-order valence-electron chi connectivity index (χ1n) is 9.77. The molecule has 0 bridgehead atoms. The molecule has 1 aromatic carbocycles. The highest BCUT2D eigenvalue weighted by Gasteiger charge is 2.29. The first kappa shape index (κ1) is 18.2. The van der Waals surface area contributed by atoms with E-state index in [1.807, 2.05) is 0 Å². The molecule has 2 aliphatic heterocycles. The molecule has 3 nitrogen and oxygen atoms in total. The van der Waals surface area contributed by atoms with Crippen LogP contribution in [-0.2, 0) is 6.54 Å². The molecule has 1 fully saturated rings. The predicted octanol–water partition coefficient (Wildman–Crippen LogP) is 4.49. The third kappa shape index (κ3) is 3.65. The van der Waals surface area contributed by atoms with Gasteiger partial charge in [-0.05, 0) is 73.1 Å². The Morgan fingerprint density at radius 3 is 2.74 bits per heavy atom. The lowest BCUT2D eigenvalue weighted by molar-refractivity contribution is 0.277. The molecule has 144 valence electrons. The van der Waals surface area contributed by atoms with Crippen LogP contribution in [0.1, 0.15) is 36.5 Å². The van der Waals surface area contributed by atoms with Crippen molar-refractivity contribution in [3.63, 3.8) is 0 Å². The molecule has 1 aromatic rings. The molecule has 2 atom stereocenters. The van der Waals surface area contributed by atoms with Crippen molar-refractivity contribution in [3.8, 4) is 0 Å². The summed E-state index contributed by atoms with van der Waals surface area (Å²) in [5.41, 5.74) is 5.36. The SMILES string of the molecule is CC1C(c2cc3c(c(NC4CCNCC4)c2)CN(C)C=C3)=CC=C(F)C1F. The Morgan fingerprint density at radius 2 is 1.96 bits per heavy atom. The van der Waals surface area contributed by atoms with Gasteiger partial charge in [-0.3, -0.25) is 0 Å². The number of hydrogen-bond donors (Lipinski definition) is 2. The number of alkyl halides is 1. The van der Waals surface area contributed by atoms with Crippen molar-refractivity contribution in [1.82, 2.24) is 10.2 Å². The second-order valence-corrected chi connectivity index (χ2v) is 7.86. The van der Waals surface area contributed by atoms with Gasteiger partial charge in [0.05, 0.1) is 0 Å². The molecule has 0 saturated carbocycles. The van der Waals surface area contributed by atoms with E-state index in [0.717, 1.165) is 54.9 Å². The molecule has 2 unspecified atom stereocenters. The topological polar surface area (TPSA) is 27.3 Å². The summed E-state index contributed by atoms with van der Waals surface area (Å²) in [7, 11) is 2.06. The summed E-state index contributed by atoms with van der Waals surface area (Å²) < 4.78 is 27.9. The average molecular weight is 371 g/mol. The van der Waals surface area contributed by atoms with Crippen molar-refractivity contribution < 1.29 is 8.78 Å². The van der Waals surface area contributed by atoms with E-state index in [1.165, 1.54) is 11.6 Å². The summed E-state index contributed by atoms with van der Waals surface area (Å²) in [6.07, 6.45) is 7.77. The molecule has 1 saturated heterocycles. The van der Waals surface area contributed by atoms with Crippen LogP contribution in [0, 0.1) is 5.92 Å². The van der Waals surface area contributed by atoms with E-state index in [9.17, 15) is 8.78 Å². The van der Waals surface area contributed by atoms with Gasteiger partial charge in [0.1, 0.15) is 5.83 Å². The van der Waals surface area contributed by atoms with Crippen molar-refractivity contribution in [2.45, 2.75) is 38.5 Å². The lowest BCUT2D eigenvalue weighted by atomic mass is 9.84. The Bertz CT molecular complexity index is 806. The third-order valence-corrected chi connectivity index (χ3v) is 5.85. The van der Waals surface area contributed by atoms with Crippen LogP contribution in [0.3, 0.4) is 0 Å². The fourth-order valence-corrected chi connectivity index (χ4v) is 4.18. The number of fused-ring (bicyclic) bond motifs is 1. The van der Waals surface area contributed by atoms with Crippen molar-refractivity contribution in [2.75, 3.05) is 25.5 Å². The van der Waals surface area contributed by atoms with Crippen LogP contribution in [0.25, 0.3) is 11.6 Å². The fourth-order valence-electron chi connectivity index (χ4n) is 4.18. The molecule has 2 N–H and O–H groups in total. The first-order valence-corrected chi connectivity index (χ1v) is 9.77. The number of halogens is 2. The summed E-state index contributed by atoms with van der Waals surface area (Å²) in [6.45, 7) is 4.64. The Morgan fingerprint density at radius 1 is 1.19 bits per heavy atom. The minimum absolute atomic E-state index is 0.436. The minimum Gasteiger partial charge on any atom is -0.382 e. The molecule has 1 aliphatic carbocycles. The normalized spacial score (nSPS) is 25.7. The molecule has 5 heteroatoms. The number of piperidine rings is 1. The van der Waals surface area contributed by atoms with Crippen LogP contribution >= 0.6 is 0 Å². The van der Waals surface area contributed by atoms with Gasteiger partial charge < -0.3 is 15.5 Å². The highest BCUT2D eigenvalue weighted by Crippen LogP contribution is 2.38. The number of benzene rings is 1. The van der Waals surface area contributed by atoms with Crippen LogP contribution < -0.4 is 10.6 Å². The Kier molecular flexibility index (Phi) is 5.04. The van der Waals surface area contributed by atoms with Gasteiger partial charge in [-0.2, -0.15) is 0 Å². The maximum atomic E-state index is 14.2.